The van der Waals surface area contributed by atoms with E-state index >= 15 is 0 Å². The summed E-state index contributed by atoms with van der Waals surface area (Å²) < 4.78 is 27.9. The highest BCUT2D eigenvalue weighted by molar-refractivity contribution is 7.87. The largest absolute Gasteiger partial charge is 0.300 e. The Bertz CT molecular complexity index is 415. The zero-order valence-electron chi connectivity index (χ0n) is 10.3. The average Bonchev–Trinajstić information content (AvgIpc) is 2.70. The fourth-order valence-electron chi connectivity index (χ4n) is 1.45. The van der Waals surface area contributed by atoms with E-state index in [2.05, 4.69) is 9.44 Å². The number of likely N-dealkylation sites (N-methyl/N-ethyl adjacent to an activating group) is 1. The van der Waals surface area contributed by atoms with Crippen LogP contribution in [-0.2, 0) is 10.2 Å². The fourth-order valence-corrected chi connectivity index (χ4v) is 3.23. The zero-order valence-corrected chi connectivity index (χ0v) is 11.9. The van der Waals surface area contributed by atoms with Gasteiger partial charge in [-0.1, -0.05) is 13.0 Å². The number of rotatable bonds is 7. The molecule has 0 fully saturated rings. The predicted molar refractivity (Wildman–Crippen MR) is 71.3 cm³/mol. The Morgan fingerprint density at radius 2 is 2.12 bits per heavy atom. The molecule has 1 unspecified atom stereocenters. The van der Waals surface area contributed by atoms with Gasteiger partial charge in [0, 0.05) is 18.0 Å². The highest BCUT2D eigenvalue weighted by atomic mass is 32.2. The van der Waals surface area contributed by atoms with Crippen molar-refractivity contribution in [3.8, 4) is 0 Å². The van der Waals surface area contributed by atoms with E-state index in [9.17, 15) is 8.42 Å². The van der Waals surface area contributed by atoms with Crippen LogP contribution in [0.25, 0.3) is 0 Å². The van der Waals surface area contributed by atoms with Gasteiger partial charge in [0.15, 0.2) is 0 Å². The van der Waals surface area contributed by atoms with Crippen molar-refractivity contribution in [1.82, 2.24) is 14.3 Å². The van der Waals surface area contributed by atoms with E-state index in [-0.39, 0.29) is 6.04 Å². The SMILES string of the molecule is CCNS(=O)(=O)NCC(c1cccs1)N(C)C. The molecule has 98 valence electrons. The van der Waals surface area contributed by atoms with Gasteiger partial charge >= 0.3 is 0 Å². The molecular weight excluding hydrogens is 258 g/mol. The highest BCUT2D eigenvalue weighted by Crippen LogP contribution is 2.22. The van der Waals surface area contributed by atoms with Crippen LogP contribution in [0.5, 0.6) is 0 Å². The minimum Gasteiger partial charge on any atom is -0.300 e. The summed E-state index contributed by atoms with van der Waals surface area (Å²) >= 11 is 1.63. The molecule has 7 heteroatoms. The molecule has 1 rings (SSSR count). The second kappa shape index (κ2) is 6.46. The van der Waals surface area contributed by atoms with Crippen molar-refractivity contribution >= 4 is 21.5 Å². The van der Waals surface area contributed by atoms with Gasteiger partial charge in [-0.05, 0) is 25.5 Å². The van der Waals surface area contributed by atoms with Gasteiger partial charge in [0.25, 0.3) is 10.2 Å². The molecule has 0 amide bonds. The lowest BCUT2D eigenvalue weighted by Crippen LogP contribution is -2.40. The van der Waals surface area contributed by atoms with Crippen LogP contribution in [0.2, 0.25) is 0 Å². The maximum absolute atomic E-state index is 11.5. The van der Waals surface area contributed by atoms with Gasteiger partial charge < -0.3 is 4.90 Å². The number of nitrogens with zero attached hydrogens (tertiary/aromatic N) is 1. The van der Waals surface area contributed by atoms with Crippen LogP contribution in [-0.4, -0.2) is 40.5 Å². The van der Waals surface area contributed by atoms with Crippen LogP contribution in [0.3, 0.4) is 0 Å². The standard InChI is InChI=1S/C10H19N3O2S2/c1-4-11-17(14,15)12-8-9(13(2)3)10-6-5-7-16-10/h5-7,9,11-12H,4,8H2,1-3H3. The summed E-state index contributed by atoms with van der Waals surface area (Å²) in [6.45, 7) is 2.51. The lowest BCUT2D eigenvalue weighted by Gasteiger charge is -2.23. The van der Waals surface area contributed by atoms with Crippen molar-refractivity contribution in [1.29, 1.82) is 0 Å². The highest BCUT2D eigenvalue weighted by Gasteiger charge is 2.18. The summed E-state index contributed by atoms with van der Waals surface area (Å²) in [4.78, 5) is 3.15. The number of hydrogen-bond donors (Lipinski definition) is 2. The van der Waals surface area contributed by atoms with Crippen LogP contribution in [0.4, 0.5) is 0 Å². The van der Waals surface area contributed by atoms with Crippen LogP contribution in [0, 0.1) is 0 Å². The topological polar surface area (TPSA) is 61.4 Å². The Morgan fingerprint density at radius 3 is 2.59 bits per heavy atom. The minimum absolute atomic E-state index is 0.0587. The molecule has 0 bridgehead atoms. The van der Waals surface area contributed by atoms with Crippen molar-refractivity contribution in [3.63, 3.8) is 0 Å². The van der Waals surface area contributed by atoms with Gasteiger partial charge in [-0.2, -0.15) is 8.42 Å². The van der Waals surface area contributed by atoms with Gasteiger partial charge in [-0.25, -0.2) is 9.44 Å². The minimum atomic E-state index is -3.37. The van der Waals surface area contributed by atoms with Gasteiger partial charge in [-0.15, -0.1) is 11.3 Å². The molecule has 0 spiro atoms. The molecule has 0 aromatic carbocycles. The summed E-state index contributed by atoms with van der Waals surface area (Å²) in [5, 5.41) is 1.99. The third-order valence-electron chi connectivity index (χ3n) is 2.30. The third kappa shape index (κ3) is 4.72. The van der Waals surface area contributed by atoms with E-state index in [1.165, 1.54) is 0 Å². The van der Waals surface area contributed by atoms with Crippen LogP contribution in [0.15, 0.2) is 17.5 Å². The molecule has 0 aliphatic heterocycles. The van der Waals surface area contributed by atoms with Crippen LogP contribution in [0.1, 0.15) is 17.8 Å². The molecule has 1 aromatic heterocycles. The van der Waals surface area contributed by atoms with Gasteiger partial charge in [0.2, 0.25) is 0 Å². The van der Waals surface area contributed by atoms with Crippen LogP contribution < -0.4 is 9.44 Å². The fraction of sp³-hybridized carbons (Fsp3) is 0.600. The Kier molecular flexibility index (Phi) is 5.54. The molecule has 2 N–H and O–H groups in total. The van der Waals surface area contributed by atoms with Crippen molar-refractivity contribution in [3.05, 3.63) is 22.4 Å². The Balaban J connectivity index is 2.64. The number of nitrogens with one attached hydrogen (secondary N) is 2. The summed E-state index contributed by atoms with van der Waals surface area (Å²) in [5.41, 5.74) is 0. The molecule has 1 atom stereocenters. The Hall–Kier alpha value is -0.470. The first-order valence-corrected chi connectivity index (χ1v) is 7.76. The molecule has 0 aliphatic carbocycles. The van der Waals surface area contributed by atoms with Gasteiger partial charge in [0.1, 0.15) is 0 Å². The quantitative estimate of drug-likeness (QED) is 0.775. The van der Waals surface area contributed by atoms with E-state index in [0.29, 0.717) is 13.1 Å². The molecule has 0 radical (unpaired) electrons. The number of thiophene rings is 1. The molecule has 1 heterocycles. The smallest absolute Gasteiger partial charge is 0.276 e. The monoisotopic (exact) mass is 277 g/mol. The lowest BCUT2D eigenvalue weighted by atomic mass is 10.2. The van der Waals surface area contributed by atoms with Gasteiger partial charge in [0.05, 0.1) is 6.04 Å². The molecule has 0 aliphatic rings. The Labute approximate surface area is 107 Å². The van der Waals surface area contributed by atoms with Crippen LogP contribution >= 0.6 is 11.3 Å². The summed E-state index contributed by atoms with van der Waals surface area (Å²) in [6.07, 6.45) is 0. The maximum Gasteiger partial charge on any atom is 0.276 e. The molecule has 0 saturated heterocycles. The maximum atomic E-state index is 11.5. The van der Waals surface area contributed by atoms with E-state index in [1.807, 2.05) is 36.5 Å². The first-order valence-electron chi connectivity index (χ1n) is 5.40. The van der Waals surface area contributed by atoms with E-state index in [4.69, 9.17) is 0 Å². The second-order valence-electron chi connectivity index (χ2n) is 3.84. The number of hydrogen-bond acceptors (Lipinski definition) is 4. The summed E-state index contributed by atoms with van der Waals surface area (Å²) in [7, 11) is 0.500. The van der Waals surface area contributed by atoms with Gasteiger partial charge in [-0.3, -0.25) is 0 Å². The first-order chi connectivity index (χ1) is 7.96. The van der Waals surface area contributed by atoms with Crippen molar-refractivity contribution < 1.29 is 8.42 Å². The lowest BCUT2D eigenvalue weighted by molar-refractivity contribution is 0.303. The zero-order chi connectivity index (χ0) is 12.9. The molecule has 1 aromatic rings. The van der Waals surface area contributed by atoms with Crippen molar-refractivity contribution in [2.45, 2.75) is 13.0 Å². The van der Waals surface area contributed by atoms with Crippen molar-refractivity contribution in [2.75, 3.05) is 27.2 Å². The molecule has 5 nitrogen and oxygen atoms in total. The molecular formula is C10H19N3O2S2. The normalized spacial score (nSPS) is 14.1. The second-order valence-corrected chi connectivity index (χ2v) is 6.41. The van der Waals surface area contributed by atoms with E-state index < -0.39 is 10.2 Å². The predicted octanol–water partition coefficient (Wildman–Crippen LogP) is 0.795. The Morgan fingerprint density at radius 1 is 1.41 bits per heavy atom. The summed E-state index contributed by atoms with van der Waals surface area (Å²) in [6, 6.07) is 4.04. The van der Waals surface area contributed by atoms with E-state index in [1.54, 1.807) is 18.3 Å². The third-order valence-corrected chi connectivity index (χ3v) is 4.48. The van der Waals surface area contributed by atoms with E-state index in [0.717, 1.165) is 4.88 Å². The first kappa shape index (κ1) is 14.6. The van der Waals surface area contributed by atoms with Crippen molar-refractivity contribution in [2.24, 2.45) is 0 Å². The molecule has 17 heavy (non-hydrogen) atoms. The summed E-state index contributed by atoms with van der Waals surface area (Å²) in [5.74, 6) is 0. The molecule has 0 saturated carbocycles. The average molecular weight is 277 g/mol.